The Morgan fingerprint density at radius 1 is 1.00 bits per heavy atom. The fourth-order valence-electron chi connectivity index (χ4n) is 4.78. The van der Waals surface area contributed by atoms with E-state index in [1.165, 1.54) is 12.1 Å². The van der Waals surface area contributed by atoms with E-state index in [0.29, 0.717) is 37.3 Å². The first-order valence-corrected chi connectivity index (χ1v) is 12.9. The fraction of sp³-hybridized carbons (Fsp3) is 0.393. The van der Waals surface area contributed by atoms with E-state index in [1.807, 2.05) is 4.98 Å². The van der Waals surface area contributed by atoms with Crippen molar-refractivity contribution in [2.75, 3.05) is 0 Å². The lowest BCUT2D eigenvalue weighted by atomic mass is 9.86. The molecule has 0 atom stereocenters. The van der Waals surface area contributed by atoms with E-state index in [1.54, 1.807) is 0 Å². The van der Waals surface area contributed by atoms with Gasteiger partial charge in [0.25, 0.3) is 5.56 Å². The molecule has 2 aromatic carbocycles. The van der Waals surface area contributed by atoms with Crippen LogP contribution in [0.3, 0.4) is 0 Å². The highest BCUT2D eigenvalue weighted by Gasteiger charge is 2.37. The van der Waals surface area contributed by atoms with Gasteiger partial charge < -0.3 is 15.0 Å². The third-order valence-corrected chi connectivity index (χ3v) is 7.03. The third-order valence-electron chi connectivity index (χ3n) is 7.03. The van der Waals surface area contributed by atoms with Gasteiger partial charge in [-0.05, 0) is 56.4 Å². The molecule has 1 aliphatic rings. The lowest BCUT2D eigenvalue weighted by molar-refractivity contribution is -0.138. The molecular weight excluding hydrogens is 578 g/mol. The molecule has 0 bridgehead atoms. The number of aromatic nitrogens is 2. The first kappa shape index (κ1) is 31.1. The normalized spacial score (nSPS) is 17.7. The van der Waals surface area contributed by atoms with Gasteiger partial charge in [0.2, 0.25) is 11.7 Å². The Kier molecular flexibility index (Phi) is 9.04. The molecule has 1 aliphatic carbocycles. The van der Waals surface area contributed by atoms with Crippen molar-refractivity contribution >= 4 is 5.91 Å². The Hall–Kier alpha value is -3.81. The zero-order valence-electron chi connectivity index (χ0n) is 22.1. The molecule has 1 fully saturated rings. The summed E-state index contributed by atoms with van der Waals surface area (Å²) in [5, 5.41) is 2.51. The summed E-state index contributed by atoms with van der Waals surface area (Å²) in [4.78, 5) is 29.9. The molecule has 6 nitrogen and oxygen atoms in total. The lowest BCUT2D eigenvalue weighted by Gasteiger charge is -2.28. The number of aryl methyl sites for hydroxylation is 1. The minimum atomic E-state index is -5.03. The zero-order chi connectivity index (χ0) is 30.8. The molecule has 1 aromatic heterocycles. The van der Waals surface area contributed by atoms with Crippen LogP contribution in [0.5, 0.6) is 0 Å². The molecule has 226 valence electrons. The van der Waals surface area contributed by atoms with Gasteiger partial charge in [-0.2, -0.15) is 30.7 Å². The second kappa shape index (κ2) is 12.2. The van der Waals surface area contributed by atoms with E-state index < -0.39 is 76.1 Å². The topological polar surface area (TPSA) is 84.1 Å². The van der Waals surface area contributed by atoms with Gasteiger partial charge in [0.1, 0.15) is 11.6 Å². The maximum atomic E-state index is 15.4. The van der Waals surface area contributed by atoms with E-state index in [-0.39, 0.29) is 18.3 Å². The van der Waals surface area contributed by atoms with Gasteiger partial charge in [-0.25, -0.2) is 9.37 Å². The number of alkyl halides is 6. The maximum Gasteiger partial charge on any atom is 0.417 e. The zero-order valence-corrected chi connectivity index (χ0v) is 22.1. The second-order valence-corrected chi connectivity index (χ2v) is 9.97. The Bertz CT molecular complexity index is 1510. The highest BCUT2D eigenvalue weighted by atomic mass is 19.4. The summed E-state index contributed by atoms with van der Waals surface area (Å²) in [6.07, 6.45) is -8.15. The number of nitrogens with zero attached hydrogens (tertiary/aromatic N) is 1. The highest BCUT2D eigenvalue weighted by molar-refractivity contribution is 5.78. The van der Waals surface area contributed by atoms with Crippen molar-refractivity contribution in [3.63, 3.8) is 0 Å². The smallest absolute Gasteiger partial charge is 0.374 e. The van der Waals surface area contributed by atoms with Crippen LogP contribution in [0.15, 0.2) is 41.2 Å². The molecule has 0 aliphatic heterocycles. The number of hydrogen-bond acceptors (Lipinski definition) is 4. The summed E-state index contributed by atoms with van der Waals surface area (Å²) in [5.74, 6) is -4.46. The molecule has 4 rings (SSSR count). The molecule has 14 heteroatoms. The van der Waals surface area contributed by atoms with Crippen molar-refractivity contribution in [3.05, 3.63) is 86.3 Å². The van der Waals surface area contributed by atoms with Gasteiger partial charge in [-0.1, -0.05) is 18.2 Å². The molecule has 1 amide bonds. The number of carbonyl (C=O) groups is 1. The van der Waals surface area contributed by atoms with Crippen molar-refractivity contribution in [2.45, 2.75) is 64.2 Å². The molecule has 1 saturated carbocycles. The van der Waals surface area contributed by atoms with Crippen LogP contribution in [-0.2, 0) is 35.0 Å². The van der Waals surface area contributed by atoms with Crippen LogP contribution in [0.1, 0.15) is 53.6 Å². The van der Waals surface area contributed by atoms with Crippen LogP contribution in [0.4, 0.5) is 35.1 Å². The van der Waals surface area contributed by atoms with E-state index >= 15 is 4.39 Å². The Balaban J connectivity index is 1.38. The van der Waals surface area contributed by atoms with Crippen LogP contribution in [0.25, 0.3) is 11.4 Å². The van der Waals surface area contributed by atoms with Crippen molar-refractivity contribution in [3.8, 4) is 11.4 Å². The number of amides is 1. The van der Waals surface area contributed by atoms with Crippen LogP contribution in [0.2, 0.25) is 0 Å². The largest absolute Gasteiger partial charge is 0.417 e. The number of rotatable bonds is 7. The predicted molar refractivity (Wildman–Crippen MR) is 134 cm³/mol. The van der Waals surface area contributed by atoms with Crippen LogP contribution in [-0.4, -0.2) is 22.0 Å². The summed E-state index contributed by atoms with van der Waals surface area (Å²) in [6, 6.07) is 6.23. The monoisotopic (exact) mass is 603 g/mol. The fourth-order valence-corrected chi connectivity index (χ4v) is 4.78. The number of benzene rings is 2. The number of aromatic amines is 1. The molecule has 42 heavy (non-hydrogen) atoms. The molecule has 3 aromatic rings. The number of nitrogens with one attached hydrogen (secondary N) is 2. The summed E-state index contributed by atoms with van der Waals surface area (Å²) in [6.45, 7) is 0.551. The first-order chi connectivity index (χ1) is 19.6. The number of ether oxygens (including phenoxy) is 1. The molecule has 2 N–H and O–H groups in total. The third kappa shape index (κ3) is 7.15. The van der Waals surface area contributed by atoms with Crippen molar-refractivity contribution in [2.24, 2.45) is 5.92 Å². The SMILES string of the molecule is Cc1nc(-c2c(C(F)(F)F)ccc(CNC(=O)[C@H]3CC[C@H](OCc4cccc(C(F)(F)F)c4)CC3)c2F)[nH]c(=O)c1F. The number of hydrogen-bond donors (Lipinski definition) is 2. The minimum Gasteiger partial charge on any atom is -0.374 e. The Labute approximate surface area is 234 Å². The Morgan fingerprint density at radius 3 is 2.31 bits per heavy atom. The van der Waals surface area contributed by atoms with E-state index in [4.69, 9.17) is 4.74 Å². The summed E-state index contributed by atoms with van der Waals surface area (Å²) in [7, 11) is 0. The summed E-state index contributed by atoms with van der Waals surface area (Å²) < 4.78 is 114. The van der Waals surface area contributed by atoms with Gasteiger partial charge >= 0.3 is 12.4 Å². The van der Waals surface area contributed by atoms with Gasteiger partial charge in [0.15, 0.2) is 0 Å². The van der Waals surface area contributed by atoms with Crippen molar-refractivity contribution in [1.82, 2.24) is 15.3 Å². The molecule has 0 unspecified atom stereocenters. The highest BCUT2D eigenvalue weighted by Crippen LogP contribution is 2.38. The van der Waals surface area contributed by atoms with Crippen LogP contribution in [0, 0.1) is 24.5 Å². The molecular formula is C28H25F8N3O3. The minimum absolute atomic E-state index is 0.0331. The van der Waals surface area contributed by atoms with E-state index in [0.717, 1.165) is 25.1 Å². The molecule has 0 radical (unpaired) electrons. The van der Waals surface area contributed by atoms with Gasteiger partial charge in [-0.15, -0.1) is 0 Å². The van der Waals surface area contributed by atoms with Gasteiger partial charge in [0, 0.05) is 18.0 Å². The second-order valence-electron chi connectivity index (χ2n) is 9.97. The quantitative estimate of drug-likeness (QED) is 0.304. The summed E-state index contributed by atoms with van der Waals surface area (Å²) in [5.41, 5.74) is -5.13. The van der Waals surface area contributed by atoms with E-state index in [9.17, 15) is 40.3 Å². The van der Waals surface area contributed by atoms with Crippen LogP contribution < -0.4 is 10.9 Å². The van der Waals surface area contributed by atoms with Gasteiger partial charge in [0.05, 0.1) is 35.1 Å². The predicted octanol–water partition coefficient (Wildman–Crippen LogP) is 6.45. The number of halogens is 8. The number of carbonyl (C=O) groups excluding carboxylic acids is 1. The lowest BCUT2D eigenvalue weighted by Crippen LogP contribution is -2.34. The van der Waals surface area contributed by atoms with Gasteiger partial charge in [-0.3, -0.25) is 9.59 Å². The van der Waals surface area contributed by atoms with Crippen molar-refractivity contribution in [1.29, 1.82) is 0 Å². The molecule has 0 spiro atoms. The van der Waals surface area contributed by atoms with Crippen molar-refractivity contribution < 1.29 is 44.7 Å². The Morgan fingerprint density at radius 2 is 1.69 bits per heavy atom. The molecule has 0 saturated heterocycles. The standard InChI is InChI=1S/C28H25F8N3O3/c1-14-22(29)26(41)39-24(38-14)21-20(28(34,35)36)10-7-17(23(21)30)12-37-25(40)16-5-8-19(9-6-16)42-13-15-3-2-4-18(11-15)27(31,32)33/h2-4,7,10-11,16,19H,5-6,8-9,12-13H2,1H3,(H,37,40)(H,38,39,41)/t16-,19-. The average molecular weight is 604 g/mol. The van der Waals surface area contributed by atoms with Crippen LogP contribution >= 0.6 is 0 Å². The average Bonchev–Trinajstić information content (AvgIpc) is 2.93. The first-order valence-electron chi connectivity index (χ1n) is 12.9. The number of H-pyrrole nitrogens is 1. The van der Waals surface area contributed by atoms with E-state index in [2.05, 4.69) is 10.3 Å². The maximum absolute atomic E-state index is 15.4. The molecule has 1 heterocycles. The summed E-state index contributed by atoms with van der Waals surface area (Å²) >= 11 is 0.